The highest BCUT2D eigenvalue weighted by Gasteiger charge is 2.29. The normalized spacial score (nSPS) is 11.2. The summed E-state index contributed by atoms with van der Waals surface area (Å²) in [5.41, 5.74) is 5.51. The molecule has 0 aliphatic heterocycles. The predicted octanol–water partition coefficient (Wildman–Crippen LogP) is 2.71. The van der Waals surface area contributed by atoms with Gasteiger partial charge in [0, 0.05) is 5.54 Å². The average molecular weight is 288 g/mol. The second-order valence-corrected chi connectivity index (χ2v) is 5.09. The molecule has 0 bridgehead atoms. The molecule has 3 N–H and O–H groups in total. The van der Waals surface area contributed by atoms with Crippen molar-refractivity contribution in [3.05, 3.63) is 16.7 Å². The number of hydrogen-bond donors (Lipinski definition) is 2. The Kier molecular flexibility index (Phi) is 3.42. The summed E-state index contributed by atoms with van der Waals surface area (Å²) in [6, 6.07) is 3.20. The maximum absolute atomic E-state index is 11.2. The van der Waals surface area contributed by atoms with Crippen LogP contribution in [0.15, 0.2) is 16.7 Å². The van der Waals surface area contributed by atoms with Crippen LogP contribution in [-0.2, 0) is 0 Å². The molecule has 1 heterocycles. The number of rotatable bonds is 1. The zero-order valence-electron chi connectivity index (χ0n) is 9.36. The third-order valence-electron chi connectivity index (χ3n) is 1.95. The SMILES string of the molecule is CC(C)(C)N(C(=O)O)c1ccc(N)c(Br)n1. The fourth-order valence-corrected chi connectivity index (χ4v) is 1.60. The van der Waals surface area contributed by atoms with E-state index in [-0.39, 0.29) is 0 Å². The van der Waals surface area contributed by atoms with E-state index >= 15 is 0 Å². The number of nitrogen functional groups attached to an aromatic ring is 1. The zero-order chi connectivity index (χ0) is 12.5. The molecule has 16 heavy (non-hydrogen) atoms. The van der Waals surface area contributed by atoms with Gasteiger partial charge in [0.25, 0.3) is 0 Å². The molecule has 1 aromatic rings. The molecule has 0 aromatic carbocycles. The number of aromatic nitrogens is 1. The molecule has 0 spiro atoms. The first kappa shape index (κ1) is 12.8. The lowest BCUT2D eigenvalue weighted by molar-refractivity contribution is 0.195. The molecule has 0 aliphatic carbocycles. The molecule has 88 valence electrons. The molecule has 5 nitrogen and oxygen atoms in total. The van der Waals surface area contributed by atoms with Crippen LogP contribution in [0.25, 0.3) is 0 Å². The molecule has 1 rings (SSSR count). The lowest BCUT2D eigenvalue weighted by atomic mass is 10.1. The van der Waals surface area contributed by atoms with Gasteiger partial charge in [-0.1, -0.05) is 0 Å². The Bertz CT molecular complexity index is 415. The van der Waals surface area contributed by atoms with Crippen molar-refractivity contribution in [1.82, 2.24) is 4.98 Å². The number of carbonyl (C=O) groups is 1. The summed E-state index contributed by atoms with van der Waals surface area (Å²) in [4.78, 5) is 16.5. The van der Waals surface area contributed by atoms with Crippen LogP contribution < -0.4 is 10.6 Å². The van der Waals surface area contributed by atoms with E-state index in [1.165, 1.54) is 4.90 Å². The number of carboxylic acid groups (broad SMARTS) is 1. The van der Waals surface area contributed by atoms with Gasteiger partial charge >= 0.3 is 6.09 Å². The van der Waals surface area contributed by atoms with Gasteiger partial charge in [-0.05, 0) is 48.8 Å². The van der Waals surface area contributed by atoms with Crippen LogP contribution >= 0.6 is 15.9 Å². The van der Waals surface area contributed by atoms with Gasteiger partial charge in [-0.15, -0.1) is 0 Å². The molecule has 0 fully saturated rings. The monoisotopic (exact) mass is 287 g/mol. The highest BCUT2D eigenvalue weighted by Crippen LogP contribution is 2.26. The largest absolute Gasteiger partial charge is 0.465 e. The maximum Gasteiger partial charge on any atom is 0.413 e. The van der Waals surface area contributed by atoms with Crippen molar-refractivity contribution in [3.8, 4) is 0 Å². The van der Waals surface area contributed by atoms with E-state index in [0.717, 1.165) is 0 Å². The molecule has 0 saturated heterocycles. The van der Waals surface area contributed by atoms with E-state index in [0.29, 0.717) is 16.1 Å². The van der Waals surface area contributed by atoms with Crippen molar-refractivity contribution >= 4 is 33.5 Å². The number of amides is 1. The summed E-state index contributed by atoms with van der Waals surface area (Å²) >= 11 is 3.17. The molecular formula is C10H14BrN3O2. The first-order chi connectivity index (χ1) is 7.23. The number of halogens is 1. The third kappa shape index (κ3) is 2.63. The van der Waals surface area contributed by atoms with E-state index in [1.54, 1.807) is 32.9 Å². The molecule has 6 heteroatoms. The second kappa shape index (κ2) is 4.29. The molecule has 1 aromatic heterocycles. The summed E-state index contributed by atoms with van der Waals surface area (Å²) in [6.45, 7) is 5.40. The van der Waals surface area contributed by atoms with Crippen LogP contribution in [0.4, 0.5) is 16.3 Å². The van der Waals surface area contributed by atoms with Crippen molar-refractivity contribution in [1.29, 1.82) is 0 Å². The molecule has 1 amide bonds. The predicted molar refractivity (Wildman–Crippen MR) is 66.6 cm³/mol. The third-order valence-corrected chi connectivity index (χ3v) is 2.59. The first-order valence-electron chi connectivity index (χ1n) is 4.68. The van der Waals surface area contributed by atoms with Crippen LogP contribution in [0, 0.1) is 0 Å². The molecular weight excluding hydrogens is 274 g/mol. The fourth-order valence-electron chi connectivity index (χ4n) is 1.29. The van der Waals surface area contributed by atoms with E-state index in [2.05, 4.69) is 20.9 Å². The van der Waals surface area contributed by atoms with Gasteiger partial charge in [-0.25, -0.2) is 9.78 Å². The van der Waals surface area contributed by atoms with Gasteiger partial charge in [0.2, 0.25) is 0 Å². The van der Waals surface area contributed by atoms with E-state index in [4.69, 9.17) is 10.8 Å². The van der Waals surface area contributed by atoms with Gasteiger partial charge in [-0.2, -0.15) is 0 Å². The van der Waals surface area contributed by atoms with Crippen molar-refractivity contribution in [2.24, 2.45) is 0 Å². The van der Waals surface area contributed by atoms with Crippen LogP contribution in [0.2, 0.25) is 0 Å². The maximum atomic E-state index is 11.2. The minimum Gasteiger partial charge on any atom is -0.465 e. The minimum atomic E-state index is -1.04. The highest BCUT2D eigenvalue weighted by molar-refractivity contribution is 9.10. The van der Waals surface area contributed by atoms with E-state index < -0.39 is 11.6 Å². The Morgan fingerprint density at radius 2 is 2.06 bits per heavy atom. The lowest BCUT2D eigenvalue weighted by Crippen LogP contribution is -2.45. The Hall–Kier alpha value is -1.30. The standard InChI is InChI=1S/C10H14BrN3O2/c1-10(2,3)14(9(15)16)7-5-4-6(12)8(11)13-7/h4-5H,12H2,1-3H3,(H,15,16). The fraction of sp³-hybridized carbons (Fsp3) is 0.400. The Labute approximate surface area is 102 Å². The van der Waals surface area contributed by atoms with Crippen molar-refractivity contribution in [3.63, 3.8) is 0 Å². The molecule has 0 atom stereocenters. The van der Waals surface area contributed by atoms with Crippen LogP contribution in [0.3, 0.4) is 0 Å². The van der Waals surface area contributed by atoms with Crippen molar-refractivity contribution in [2.45, 2.75) is 26.3 Å². The number of pyridine rings is 1. The first-order valence-corrected chi connectivity index (χ1v) is 5.48. The van der Waals surface area contributed by atoms with Crippen molar-refractivity contribution < 1.29 is 9.90 Å². The van der Waals surface area contributed by atoms with E-state index in [9.17, 15) is 4.79 Å². The number of anilines is 2. The summed E-state index contributed by atoms with van der Waals surface area (Å²) in [5, 5.41) is 9.16. The van der Waals surface area contributed by atoms with Gasteiger partial charge in [-0.3, -0.25) is 4.90 Å². The highest BCUT2D eigenvalue weighted by atomic mass is 79.9. The Morgan fingerprint density at radius 1 is 1.50 bits per heavy atom. The molecule has 0 saturated carbocycles. The number of nitrogens with two attached hydrogens (primary N) is 1. The van der Waals surface area contributed by atoms with Gasteiger partial charge in [0.15, 0.2) is 0 Å². The molecule has 0 unspecified atom stereocenters. The van der Waals surface area contributed by atoms with E-state index in [1.807, 2.05) is 0 Å². The lowest BCUT2D eigenvalue weighted by Gasteiger charge is -2.32. The quantitative estimate of drug-likeness (QED) is 0.779. The van der Waals surface area contributed by atoms with Crippen molar-refractivity contribution in [2.75, 3.05) is 10.6 Å². The minimum absolute atomic E-state index is 0.348. The number of hydrogen-bond acceptors (Lipinski definition) is 3. The summed E-state index contributed by atoms with van der Waals surface area (Å²) in [5.74, 6) is 0.348. The van der Waals surface area contributed by atoms with Crippen LogP contribution in [0.5, 0.6) is 0 Å². The van der Waals surface area contributed by atoms with Crippen LogP contribution in [0.1, 0.15) is 20.8 Å². The Morgan fingerprint density at radius 3 is 2.44 bits per heavy atom. The second-order valence-electron chi connectivity index (χ2n) is 4.34. The van der Waals surface area contributed by atoms with Gasteiger partial charge < -0.3 is 10.8 Å². The molecule has 0 radical (unpaired) electrons. The Balaban J connectivity index is 3.22. The number of nitrogens with zero attached hydrogens (tertiary/aromatic N) is 2. The van der Waals surface area contributed by atoms with Crippen LogP contribution in [-0.4, -0.2) is 21.7 Å². The van der Waals surface area contributed by atoms with Gasteiger partial charge in [0.1, 0.15) is 10.4 Å². The summed E-state index contributed by atoms with van der Waals surface area (Å²) in [7, 11) is 0. The average Bonchev–Trinajstić information content (AvgIpc) is 2.08. The zero-order valence-corrected chi connectivity index (χ0v) is 10.9. The van der Waals surface area contributed by atoms with Gasteiger partial charge in [0.05, 0.1) is 5.69 Å². The summed E-state index contributed by atoms with van der Waals surface area (Å²) in [6.07, 6.45) is -1.04. The smallest absolute Gasteiger partial charge is 0.413 e. The topological polar surface area (TPSA) is 79.5 Å². The summed E-state index contributed by atoms with van der Waals surface area (Å²) < 4.78 is 0.445. The molecule has 0 aliphatic rings.